The van der Waals surface area contributed by atoms with Crippen molar-refractivity contribution in [2.75, 3.05) is 5.32 Å². The number of nitrogens with zero attached hydrogens (tertiary/aromatic N) is 1. The van der Waals surface area contributed by atoms with E-state index in [0.29, 0.717) is 5.56 Å². The van der Waals surface area contributed by atoms with Crippen LogP contribution in [0.25, 0.3) is 0 Å². The molecule has 1 aromatic carbocycles. The van der Waals surface area contributed by atoms with E-state index in [4.69, 9.17) is 5.14 Å². The Kier molecular flexibility index (Phi) is 4.45. The number of benzene rings is 1. The Balaban J connectivity index is 2.19. The topological polar surface area (TPSA) is 85.1 Å². The zero-order valence-corrected chi connectivity index (χ0v) is 12.9. The molecule has 2 aromatic rings. The molecule has 0 aliphatic heterocycles. The molecule has 0 saturated carbocycles. The minimum Gasteiger partial charge on any atom is -0.355 e. The summed E-state index contributed by atoms with van der Waals surface area (Å²) in [5, 5.41) is 8.08. The maximum atomic E-state index is 12.7. The quantitative estimate of drug-likeness (QED) is 0.887. The molecular weight excluding hydrogens is 339 g/mol. The molecule has 0 radical (unpaired) electrons. The number of anilines is 1. The molecule has 10 heteroatoms. The molecule has 3 N–H and O–H groups in total. The lowest BCUT2D eigenvalue weighted by molar-refractivity contribution is -0.137. The summed E-state index contributed by atoms with van der Waals surface area (Å²) in [7, 11) is -3.84. The second kappa shape index (κ2) is 5.86. The lowest BCUT2D eigenvalue weighted by atomic mass is 10.1. The van der Waals surface area contributed by atoms with E-state index < -0.39 is 27.8 Å². The highest BCUT2D eigenvalue weighted by Gasteiger charge is 2.30. The third-order valence-electron chi connectivity index (χ3n) is 2.82. The summed E-state index contributed by atoms with van der Waals surface area (Å²) >= 11 is 0.815. The third kappa shape index (κ3) is 3.96. The Labute approximate surface area is 129 Å². The summed E-state index contributed by atoms with van der Waals surface area (Å²) in [6, 6.07) is 4.39. The number of halogens is 3. The first-order chi connectivity index (χ1) is 10.1. The van der Waals surface area contributed by atoms with Gasteiger partial charge in [0.05, 0.1) is 17.8 Å². The number of hydrogen-bond donors (Lipinski definition) is 2. The Bertz CT molecular complexity index is 772. The molecule has 1 atom stereocenters. The molecule has 22 heavy (non-hydrogen) atoms. The molecule has 1 aromatic heterocycles. The molecule has 1 unspecified atom stereocenters. The van der Waals surface area contributed by atoms with Crippen molar-refractivity contribution in [3.8, 4) is 0 Å². The van der Waals surface area contributed by atoms with E-state index >= 15 is 0 Å². The summed E-state index contributed by atoms with van der Waals surface area (Å²) in [5.41, 5.74) is -0.342. The van der Waals surface area contributed by atoms with Crippen molar-refractivity contribution < 1.29 is 21.6 Å². The fourth-order valence-electron chi connectivity index (χ4n) is 1.71. The highest BCUT2D eigenvalue weighted by molar-refractivity contribution is 7.91. The van der Waals surface area contributed by atoms with Gasteiger partial charge in [-0.1, -0.05) is 23.5 Å². The Morgan fingerprint density at radius 1 is 1.36 bits per heavy atom. The second-order valence-electron chi connectivity index (χ2n) is 4.52. The largest absolute Gasteiger partial charge is 0.416 e. The van der Waals surface area contributed by atoms with Crippen LogP contribution >= 0.6 is 11.3 Å². The molecule has 2 rings (SSSR count). The van der Waals surface area contributed by atoms with Crippen LogP contribution in [0, 0.1) is 0 Å². The number of primary sulfonamides is 1. The van der Waals surface area contributed by atoms with Crippen molar-refractivity contribution in [3.63, 3.8) is 0 Å². The fourth-order valence-corrected chi connectivity index (χ4v) is 3.25. The first-order valence-electron chi connectivity index (χ1n) is 5.99. The number of thiazole rings is 1. The SMILES string of the molecule is CC(Nc1ncc(S(N)(=O)=O)s1)c1cccc(C(F)(F)F)c1. The second-order valence-corrected chi connectivity index (χ2v) is 7.34. The number of nitrogens with two attached hydrogens (primary N) is 1. The van der Waals surface area contributed by atoms with Crippen LogP contribution in [0.15, 0.2) is 34.7 Å². The van der Waals surface area contributed by atoms with Gasteiger partial charge in [-0.2, -0.15) is 13.2 Å². The highest BCUT2D eigenvalue weighted by atomic mass is 32.2. The zero-order chi connectivity index (χ0) is 16.5. The average molecular weight is 351 g/mol. The maximum absolute atomic E-state index is 12.7. The van der Waals surface area contributed by atoms with Gasteiger partial charge in [0.15, 0.2) is 9.34 Å². The summed E-state index contributed by atoms with van der Waals surface area (Å²) in [6.45, 7) is 1.65. The molecule has 0 fully saturated rings. The van der Waals surface area contributed by atoms with Crippen LogP contribution in [0.5, 0.6) is 0 Å². The molecular formula is C12H12F3N3O2S2. The van der Waals surface area contributed by atoms with Crippen molar-refractivity contribution in [2.45, 2.75) is 23.4 Å². The molecule has 120 valence electrons. The lowest BCUT2D eigenvalue weighted by Gasteiger charge is -2.15. The molecule has 0 saturated heterocycles. The third-order valence-corrected chi connectivity index (χ3v) is 5.16. The fraction of sp³-hybridized carbons (Fsp3) is 0.250. The Morgan fingerprint density at radius 2 is 2.05 bits per heavy atom. The molecule has 1 heterocycles. The number of sulfonamides is 1. The molecule has 0 aliphatic carbocycles. The number of aromatic nitrogens is 1. The molecule has 0 spiro atoms. The zero-order valence-electron chi connectivity index (χ0n) is 11.3. The van der Waals surface area contributed by atoms with Crippen LogP contribution in [0.3, 0.4) is 0 Å². The average Bonchev–Trinajstić information content (AvgIpc) is 2.86. The van der Waals surface area contributed by atoms with Gasteiger partial charge in [0, 0.05) is 0 Å². The molecule has 5 nitrogen and oxygen atoms in total. The van der Waals surface area contributed by atoms with Gasteiger partial charge < -0.3 is 5.32 Å². The van der Waals surface area contributed by atoms with Crippen LogP contribution in [0.1, 0.15) is 24.1 Å². The van der Waals surface area contributed by atoms with Crippen LogP contribution in [-0.2, 0) is 16.2 Å². The number of hydrogen-bond acceptors (Lipinski definition) is 5. The van der Waals surface area contributed by atoms with E-state index in [9.17, 15) is 21.6 Å². The van der Waals surface area contributed by atoms with Crippen LogP contribution < -0.4 is 10.5 Å². The molecule has 0 amide bonds. The summed E-state index contributed by atoms with van der Waals surface area (Å²) in [6.07, 6.45) is -3.32. The Morgan fingerprint density at radius 3 is 2.59 bits per heavy atom. The highest BCUT2D eigenvalue weighted by Crippen LogP contribution is 2.32. The van der Waals surface area contributed by atoms with E-state index in [0.717, 1.165) is 29.7 Å². The minimum atomic E-state index is -4.42. The monoisotopic (exact) mass is 351 g/mol. The van der Waals surface area contributed by atoms with Crippen molar-refractivity contribution in [3.05, 3.63) is 41.6 Å². The van der Waals surface area contributed by atoms with Gasteiger partial charge in [-0.15, -0.1) is 0 Å². The van der Waals surface area contributed by atoms with Gasteiger partial charge in [0.1, 0.15) is 0 Å². The summed E-state index contributed by atoms with van der Waals surface area (Å²) in [4.78, 5) is 3.85. The van der Waals surface area contributed by atoms with E-state index in [1.807, 2.05) is 0 Å². The van der Waals surface area contributed by atoms with Gasteiger partial charge in [-0.05, 0) is 24.6 Å². The number of rotatable bonds is 4. The predicted molar refractivity (Wildman–Crippen MR) is 77.0 cm³/mol. The number of nitrogens with one attached hydrogen (secondary N) is 1. The molecule has 0 aliphatic rings. The maximum Gasteiger partial charge on any atom is 0.416 e. The van der Waals surface area contributed by atoms with Crippen LogP contribution in [0.2, 0.25) is 0 Å². The summed E-state index contributed by atoms with van der Waals surface area (Å²) < 4.78 is 60.2. The lowest BCUT2D eigenvalue weighted by Crippen LogP contribution is -2.10. The molecule has 0 bridgehead atoms. The van der Waals surface area contributed by atoms with Gasteiger partial charge in [0.2, 0.25) is 10.0 Å². The predicted octanol–water partition coefficient (Wildman–Crippen LogP) is 2.98. The minimum absolute atomic E-state index is 0.119. The van der Waals surface area contributed by atoms with Crippen molar-refractivity contribution in [1.29, 1.82) is 0 Å². The van der Waals surface area contributed by atoms with Gasteiger partial charge in [-0.3, -0.25) is 0 Å². The van der Waals surface area contributed by atoms with E-state index in [2.05, 4.69) is 10.3 Å². The normalized spacial score (nSPS) is 13.9. The summed E-state index contributed by atoms with van der Waals surface area (Å²) in [5.74, 6) is 0. The van der Waals surface area contributed by atoms with Crippen LogP contribution in [0.4, 0.5) is 18.3 Å². The smallest absolute Gasteiger partial charge is 0.355 e. The Hall–Kier alpha value is -1.65. The van der Waals surface area contributed by atoms with Gasteiger partial charge in [0.25, 0.3) is 0 Å². The van der Waals surface area contributed by atoms with Crippen molar-refractivity contribution >= 4 is 26.5 Å². The van der Waals surface area contributed by atoms with Gasteiger partial charge in [-0.25, -0.2) is 18.5 Å². The van der Waals surface area contributed by atoms with Crippen molar-refractivity contribution in [2.24, 2.45) is 5.14 Å². The van der Waals surface area contributed by atoms with Crippen molar-refractivity contribution in [1.82, 2.24) is 4.98 Å². The first-order valence-corrected chi connectivity index (χ1v) is 8.36. The van der Waals surface area contributed by atoms with E-state index in [1.54, 1.807) is 13.0 Å². The first kappa shape index (κ1) is 16.7. The van der Waals surface area contributed by atoms with E-state index in [1.165, 1.54) is 6.07 Å². The number of alkyl halides is 3. The van der Waals surface area contributed by atoms with E-state index in [-0.39, 0.29) is 9.34 Å². The van der Waals surface area contributed by atoms with Gasteiger partial charge >= 0.3 is 6.18 Å². The standard InChI is InChI=1S/C12H12F3N3O2S2/c1-7(8-3-2-4-9(5-8)12(13,14)15)18-11-17-6-10(21-11)22(16,19)20/h2-7H,1H3,(H,17,18)(H2,16,19,20). The van der Waals surface area contributed by atoms with Crippen LogP contribution in [-0.4, -0.2) is 13.4 Å².